The van der Waals surface area contributed by atoms with Crippen LogP contribution in [-0.4, -0.2) is 12.4 Å². The molecular weight excluding hydrogens is 256 g/mol. The molecule has 2 aromatic carbocycles. The van der Waals surface area contributed by atoms with Crippen LogP contribution in [-0.2, 0) is 0 Å². The van der Waals surface area contributed by atoms with Gasteiger partial charge in [0.05, 0.1) is 11.1 Å². The predicted molar refractivity (Wildman–Crippen MR) is 89.1 cm³/mol. The van der Waals surface area contributed by atoms with Crippen molar-refractivity contribution in [3.63, 3.8) is 0 Å². The van der Waals surface area contributed by atoms with Crippen LogP contribution >= 0.6 is 0 Å². The number of aliphatic imine (C=N–C) groups is 1. The van der Waals surface area contributed by atoms with Gasteiger partial charge in [-0.25, -0.2) is 4.99 Å². The highest BCUT2D eigenvalue weighted by atomic mass is 15.2. The zero-order chi connectivity index (χ0) is 14.4. The van der Waals surface area contributed by atoms with Crippen molar-refractivity contribution in [2.75, 3.05) is 11.4 Å². The summed E-state index contributed by atoms with van der Waals surface area (Å²) in [6.07, 6.45) is 1.06. The molecule has 104 valence electrons. The molecule has 0 aliphatic carbocycles. The van der Waals surface area contributed by atoms with Crippen molar-refractivity contribution in [3.8, 4) is 0 Å². The van der Waals surface area contributed by atoms with E-state index in [1.165, 1.54) is 16.8 Å². The molecule has 2 nitrogen and oxygen atoms in total. The summed E-state index contributed by atoms with van der Waals surface area (Å²) < 4.78 is 0. The van der Waals surface area contributed by atoms with Gasteiger partial charge >= 0.3 is 0 Å². The molecule has 2 aromatic rings. The first kappa shape index (κ1) is 12.4. The molecule has 2 heteroatoms. The number of hydrogen-bond acceptors (Lipinski definition) is 2. The van der Waals surface area contributed by atoms with Crippen LogP contribution in [0.2, 0.25) is 0 Å². The lowest BCUT2D eigenvalue weighted by Crippen LogP contribution is -2.35. The minimum Gasteiger partial charge on any atom is -0.329 e. The van der Waals surface area contributed by atoms with Gasteiger partial charge in [0.1, 0.15) is 5.84 Å². The van der Waals surface area contributed by atoms with Crippen LogP contribution in [0.5, 0.6) is 0 Å². The highest BCUT2D eigenvalue weighted by Gasteiger charge is 2.46. The SMILES string of the molecule is C=C1c2ccccc2N=C2N(c3ccccc3)CCC12C. The molecule has 2 aliphatic rings. The van der Waals surface area contributed by atoms with Crippen LogP contribution in [0, 0.1) is 5.41 Å². The standard InChI is InChI=1S/C19H18N2/c1-14-16-10-6-7-11-17(16)20-18-19(14,2)12-13-21(18)15-8-4-3-5-9-15/h3-11H,1,12-13H2,2H3. The highest BCUT2D eigenvalue weighted by molar-refractivity contribution is 6.14. The van der Waals surface area contributed by atoms with E-state index in [0.717, 1.165) is 24.5 Å². The maximum absolute atomic E-state index is 4.97. The summed E-state index contributed by atoms with van der Waals surface area (Å²) in [5, 5.41) is 0. The van der Waals surface area contributed by atoms with Gasteiger partial charge in [-0.3, -0.25) is 0 Å². The topological polar surface area (TPSA) is 15.6 Å². The number of anilines is 1. The Morgan fingerprint density at radius 2 is 1.76 bits per heavy atom. The first-order chi connectivity index (χ1) is 10.2. The summed E-state index contributed by atoms with van der Waals surface area (Å²) in [5.74, 6) is 1.14. The molecule has 0 N–H and O–H groups in total. The van der Waals surface area contributed by atoms with Crippen molar-refractivity contribution in [2.45, 2.75) is 13.3 Å². The third-order valence-electron chi connectivity index (χ3n) is 4.77. The van der Waals surface area contributed by atoms with Gasteiger partial charge in [-0.05, 0) is 37.1 Å². The summed E-state index contributed by atoms with van der Waals surface area (Å²) in [5.41, 5.74) is 4.59. The molecule has 4 rings (SSSR count). The normalized spacial score (nSPS) is 23.6. The van der Waals surface area contributed by atoms with Gasteiger partial charge in [-0.15, -0.1) is 0 Å². The summed E-state index contributed by atoms with van der Waals surface area (Å²) in [6, 6.07) is 18.8. The average molecular weight is 274 g/mol. The van der Waals surface area contributed by atoms with Gasteiger partial charge in [0, 0.05) is 17.8 Å². The minimum atomic E-state index is -0.0514. The summed E-state index contributed by atoms with van der Waals surface area (Å²) in [4.78, 5) is 7.30. The Hall–Kier alpha value is -2.35. The zero-order valence-corrected chi connectivity index (χ0v) is 12.2. The molecule has 0 radical (unpaired) electrons. The highest BCUT2D eigenvalue weighted by Crippen LogP contribution is 2.50. The lowest BCUT2D eigenvalue weighted by molar-refractivity contribution is 0.616. The maximum atomic E-state index is 4.97. The number of nitrogens with zero attached hydrogens (tertiary/aromatic N) is 2. The van der Waals surface area contributed by atoms with Gasteiger partial charge in [-0.2, -0.15) is 0 Å². The van der Waals surface area contributed by atoms with Gasteiger partial charge in [0.25, 0.3) is 0 Å². The van der Waals surface area contributed by atoms with Gasteiger partial charge in [0.2, 0.25) is 0 Å². The van der Waals surface area contributed by atoms with E-state index in [4.69, 9.17) is 4.99 Å². The average Bonchev–Trinajstić information content (AvgIpc) is 2.87. The molecule has 21 heavy (non-hydrogen) atoms. The van der Waals surface area contributed by atoms with E-state index in [2.05, 4.69) is 66.9 Å². The van der Waals surface area contributed by atoms with Crippen LogP contribution < -0.4 is 4.90 Å². The minimum absolute atomic E-state index is 0.0514. The molecule has 1 fully saturated rings. The van der Waals surface area contributed by atoms with Crippen LogP contribution in [0.1, 0.15) is 18.9 Å². The third-order valence-corrected chi connectivity index (χ3v) is 4.77. The Bertz CT molecular complexity index is 745. The van der Waals surface area contributed by atoms with Gasteiger partial charge < -0.3 is 4.90 Å². The van der Waals surface area contributed by atoms with E-state index in [1.54, 1.807) is 0 Å². The van der Waals surface area contributed by atoms with E-state index in [1.807, 2.05) is 6.07 Å². The fourth-order valence-corrected chi connectivity index (χ4v) is 3.42. The Morgan fingerprint density at radius 1 is 1.05 bits per heavy atom. The second kappa shape index (κ2) is 4.32. The fraction of sp³-hybridized carbons (Fsp3) is 0.211. The molecule has 2 aliphatic heterocycles. The molecule has 0 amide bonds. The molecule has 0 aromatic heterocycles. The van der Waals surface area contributed by atoms with Crippen molar-refractivity contribution in [1.82, 2.24) is 0 Å². The van der Waals surface area contributed by atoms with E-state index >= 15 is 0 Å². The molecule has 1 atom stereocenters. The van der Waals surface area contributed by atoms with E-state index < -0.39 is 0 Å². The van der Waals surface area contributed by atoms with Crippen molar-refractivity contribution >= 4 is 22.8 Å². The fourth-order valence-electron chi connectivity index (χ4n) is 3.42. The molecule has 1 unspecified atom stereocenters. The van der Waals surface area contributed by atoms with E-state index in [-0.39, 0.29) is 5.41 Å². The number of para-hydroxylation sites is 2. The molecule has 0 saturated carbocycles. The summed E-state index contributed by atoms with van der Waals surface area (Å²) >= 11 is 0. The monoisotopic (exact) mass is 274 g/mol. The van der Waals surface area contributed by atoms with Crippen LogP contribution in [0.3, 0.4) is 0 Å². The largest absolute Gasteiger partial charge is 0.329 e. The van der Waals surface area contributed by atoms with Crippen LogP contribution in [0.15, 0.2) is 66.2 Å². The van der Waals surface area contributed by atoms with E-state index in [0.29, 0.717) is 0 Å². The molecular formula is C19H18N2. The summed E-state index contributed by atoms with van der Waals surface area (Å²) in [6.45, 7) is 7.65. The lowest BCUT2D eigenvalue weighted by atomic mass is 9.75. The number of rotatable bonds is 1. The first-order valence-corrected chi connectivity index (χ1v) is 7.41. The Balaban J connectivity index is 1.88. The number of fused-ring (bicyclic) bond motifs is 2. The number of benzene rings is 2. The first-order valence-electron chi connectivity index (χ1n) is 7.41. The Labute approximate surface area is 125 Å². The predicted octanol–water partition coefficient (Wildman–Crippen LogP) is 4.66. The summed E-state index contributed by atoms with van der Waals surface area (Å²) in [7, 11) is 0. The maximum Gasteiger partial charge on any atom is 0.120 e. The van der Waals surface area contributed by atoms with Gasteiger partial charge in [0.15, 0.2) is 0 Å². The zero-order valence-electron chi connectivity index (χ0n) is 12.2. The lowest BCUT2D eigenvalue weighted by Gasteiger charge is -2.34. The van der Waals surface area contributed by atoms with Crippen LogP contribution in [0.4, 0.5) is 11.4 Å². The van der Waals surface area contributed by atoms with Crippen molar-refractivity contribution < 1.29 is 0 Å². The molecule has 0 spiro atoms. The van der Waals surface area contributed by atoms with Gasteiger partial charge in [-0.1, -0.05) is 43.0 Å². The van der Waals surface area contributed by atoms with Crippen molar-refractivity contribution in [2.24, 2.45) is 10.4 Å². The van der Waals surface area contributed by atoms with Crippen molar-refractivity contribution in [1.29, 1.82) is 0 Å². The Kier molecular flexibility index (Phi) is 2.55. The second-order valence-corrected chi connectivity index (χ2v) is 6.00. The second-order valence-electron chi connectivity index (χ2n) is 6.00. The van der Waals surface area contributed by atoms with E-state index in [9.17, 15) is 0 Å². The molecule has 2 heterocycles. The Morgan fingerprint density at radius 3 is 2.57 bits per heavy atom. The molecule has 0 bridgehead atoms. The molecule has 1 saturated heterocycles. The smallest absolute Gasteiger partial charge is 0.120 e. The number of amidine groups is 1. The third kappa shape index (κ3) is 1.69. The van der Waals surface area contributed by atoms with Crippen molar-refractivity contribution in [3.05, 3.63) is 66.7 Å². The number of hydrogen-bond donors (Lipinski definition) is 0. The van der Waals surface area contributed by atoms with Crippen LogP contribution in [0.25, 0.3) is 5.57 Å². The quantitative estimate of drug-likeness (QED) is 0.738.